The standard InChI is InChI=1S/C16H13F2N3/c17-12-3-1-11(2-4-12)16-9-14(10-19)20-21(16)15-7-5-13(18)6-8-15/h1-9H,10,19H2. The average molecular weight is 285 g/mol. The van der Waals surface area contributed by atoms with E-state index in [1.807, 2.05) is 6.07 Å². The van der Waals surface area contributed by atoms with Crippen LogP contribution >= 0.6 is 0 Å². The lowest BCUT2D eigenvalue weighted by Crippen LogP contribution is -2.02. The summed E-state index contributed by atoms with van der Waals surface area (Å²) < 4.78 is 27.8. The molecule has 0 aliphatic heterocycles. The molecule has 2 aromatic carbocycles. The van der Waals surface area contributed by atoms with Crippen molar-refractivity contribution in [2.75, 3.05) is 0 Å². The first kappa shape index (κ1) is 13.5. The Bertz CT molecular complexity index is 683. The van der Waals surface area contributed by atoms with Crippen LogP contribution in [0.1, 0.15) is 5.69 Å². The molecule has 106 valence electrons. The molecule has 0 fully saturated rings. The first-order chi connectivity index (χ1) is 10.2. The molecule has 21 heavy (non-hydrogen) atoms. The van der Waals surface area contributed by atoms with E-state index in [4.69, 9.17) is 5.73 Å². The number of rotatable bonds is 3. The van der Waals surface area contributed by atoms with Gasteiger partial charge in [0.25, 0.3) is 0 Å². The predicted octanol–water partition coefficient (Wildman–Crippen LogP) is 3.28. The Morgan fingerprint density at radius 3 is 2.05 bits per heavy atom. The van der Waals surface area contributed by atoms with E-state index in [2.05, 4.69) is 5.10 Å². The van der Waals surface area contributed by atoms with Gasteiger partial charge < -0.3 is 5.73 Å². The summed E-state index contributed by atoms with van der Waals surface area (Å²) in [5.74, 6) is -0.612. The number of aromatic nitrogens is 2. The maximum Gasteiger partial charge on any atom is 0.123 e. The van der Waals surface area contributed by atoms with Gasteiger partial charge in [0.05, 0.1) is 17.1 Å². The van der Waals surface area contributed by atoms with E-state index in [0.717, 1.165) is 16.9 Å². The largest absolute Gasteiger partial charge is 0.325 e. The summed E-state index contributed by atoms with van der Waals surface area (Å²) in [6.07, 6.45) is 0. The van der Waals surface area contributed by atoms with Gasteiger partial charge in [-0.25, -0.2) is 13.5 Å². The molecule has 2 N–H and O–H groups in total. The van der Waals surface area contributed by atoms with Crippen molar-refractivity contribution < 1.29 is 8.78 Å². The molecule has 3 rings (SSSR count). The number of nitrogens with two attached hydrogens (primary N) is 1. The first-order valence-electron chi connectivity index (χ1n) is 6.48. The van der Waals surface area contributed by atoms with Crippen LogP contribution in [0, 0.1) is 11.6 Å². The van der Waals surface area contributed by atoms with Gasteiger partial charge in [-0.1, -0.05) is 0 Å². The van der Waals surface area contributed by atoms with Gasteiger partial charge >= 0.3 is 0 Å². The van der Waals surface area contributed by atoms with E-state index in [1.54, 1.807) is 28.9 Å². The molecule has 0 aliphatic rings. The number of halogens is 2. The molecule has 0 saturated heterocycles. The van der Waals surface area contributed by atoms with Gasteiger partial charge in [0.2, 0.25) is 0 Å². The molecular weight excluding hydrogens is 272 g/mol. The van der Waals surface area contributed by atoms with Gasteiger partial charge in [0.1, 0.15) is 11.6 Å². The molecule has 0 spiro atoms. The molecule has 5 heteroatoms. The summed E-state index contributed by atoms with van der Waals surface area (Å²) in [6.45, 7) is 0.294. The van der Waals surface area contributed by atoms with E-state index < -0.39 is 0 Å². The quantitative estimate of drug-likeness (QED) is 0.802. The van der Waals surface area contributed by atoms with Crippen LogP contribution in [-0.2, 0) is 6.54 Å². The highest BCUT2D eigenvalue weighted by atomic mass is 19.1. The van der Waals surface area contributed by atoms with Crippen LogP contribution in [0.4, 0.5) is 8.78 Å². The number of benzene rings is 2. The van der Waals surface area contributed by atoms with Crippen molar-refractivity contribution in [2.45, 2.75) is 6.54 Å². The van der Waals surface area contributed by atoms with Gasteiger partial charge in [-0.15, -0.1) is 0 Å². The Balaban J connectivity index is 2.13. The van der Waals surface area contributed by atoms with E-state index in [1.165, 1.54) is 24.3 Å². The fourth-order valence-corrected chi connectivity index (χ4v) is 2.14. The molecule has 3 nitrogen and oxygen atoms in total. The minimum atomic E-state index is -0.312. The summed E-state index contributed by atoms with van der Waals surface area (Å²) in [7, 11) is 0. The van der Waals surface area contributed by atoms with E-state index in [0.29, 0.717) is 12.2 Å². The van der Waals surface area contributed by atoms with Crippen molar-refractivity contribution in [3.05, 3.63) is 71.9 Å². The van der Waals surface area contributed by atoms with Crippen LogP contribution in [0.3, 0.4) is 0 Å². The zero-order valence-electron chi connectivity index (χ0n) is 11.1. The third kappa shape index (κ3) is 2.68. The van der Waals surface area contributed by atoms with Crippen LogP contribution in [0.25, 0.3) is 16.9 Å². The fourth-order valence-electron chi connectivity index (χ4n) is 2.14. The molecule has 0 unspecified atom stereocenters. The van der Waals surface area contributed by atoms with E-state index >= 15 is 0 Å². The van der Waals surface area contributed by atoms with Gasteiger partial charge in [-0.3, -0.25) is 0 Å². The molecule has 0 radical (unpaired) electrons. The molecule has 0 saturated carbocycles. The Morgan fingerprint density at radius 1 is 0.905 bits per heavy atom. The van der Waals surface area contributed by atoms with E-state index in [-0.39, 0.29) is 11.6 Å². The van der Waals surface area contributed by atoms with Gasteiger partial charge in [0.15, 0.2) is 0 Å². The normalized spacial score (nSPS) is 10.8. The number of hydrogen-bond donors (Lipinski definition) is 1. The minimum Gasteiger partial charge on any atom is -0.325 e. The third-order valence-electron chi connectivity index (χ3n) is 3.18. The topological polar surface area (TPSA) is 43.8 Å². The smallest absolute Gasteiger partial charge is 0.123 e. The Kier molecular flexibility index (Phi) is 3.50. The van der Waals surface area contributed by atoms with E-state index in [9.17, 15) is 8.78 Å². The number of nitrogens with zero attached hydrogens (tertiary/aromatic N) is 2. The molecular formula is C16H13F2N3. The van der Waals surface area contributed by atoms with Crippen LogP contribution in [0.2, 0.25) is 0 Å². The SMILES string of the molecule is NCc1cc(-c2ccc(F)cc2)n(-c2ccc(F)cc2)n1. The van der Waals surface area contributed by atoms with Gasteiger partial charge in [0, 0.05) is 12.1 Å². The fraction of sp³-hybridized carbons (Fsp3) is 0.0625. The second kappa shape index (κ2) is 5.46. The predicted molar refractivity (Wildman–Crippen MR) is 76.8 cm³/mol. The molecule has 0 amide bonds. The van der Waals surface area contributed by atoms with Crippen molar-refractivity contribution in [2.24, 2.45) is 5.73 Å². The molecule has 1 aromatic heterocycles. The summed E-state index contributed by atoms with van der Waals surface area (Å²) in [6, 6.07) is 14.0. The zero-order valence-corrected chi connectivity index (χ0v) is 11.1. The molecule has 0 bridgehead atoms. The Hall–Kier alpha value is -2.53. The molecule has 1 heterocycles. The van der Waals surface area contributed by atoms with Crippen molar-refractivity contribution >= 4 is 0 Å². The van der Waals surface area contributed by atoms with Crippen LogP contribution < -0.4 is 5.73 Å². The Morgan fingerprint density at radius 2 is 1.48 bits per heavy atom. The first-order valence-corrected chi connectivity index (χ1v) is 6.48. The monoisotopic (exact) mass is 285 g/mol. The summed E-state index contributed by atoms with van der Waals surface area (Å²) in [5.41, 5.74) is 8.66. The summed E-state index contributed by atoms with van der Waals surface area (Å²) in [4.78, 5) is 0. The Labute approximate surface area is 120 Å². The van der Waals surface area contributed by atoms with Crippen LogP contribution in [-0.4, -0.2) is 9.78 Å². The lowest BCUT2D eigenvalue weighted by molar-refractivity contribution is 0.626. The number of hydrogen-bond acceptors (Lipinski definition) is 2. The average Bonchev–Trinajstić information content (AvgIpc) is 2.93. The van der Waals surface area contributed by atoms with Gasteiger partial charge in [-0.05, 0) is 54.6 Å². The molecule has 0 aliphatic carbocycles. The van der Waals surface area contributed by atoms with Gasteiger partial charge in [-0.2, -0.15) is 5.10 Å². The van der Waals surface area contributed by atoms with Crippen LogP contribution in [0.5, 0.6) is 0 Å². The second-order valence-electron chi connectivity index (χ2n) is 4.62. The lowest BCUT2D eigenvalue weighted by atomic mass is 10.1. The highest BCUT2D eigenvalue weighted by Crippen LogP contribution is 2.24. The summed E-state index contributed by atoms with van der Waals surface area (Å²) >= 11 is 0. The second-order valence-corrected chi connectivity index (χ2v) is 4.62. The maximum absolute atomic E-state index is 13.1. The maximum atomic E-state index is 13.1. The lowest BCUT2D eigenvalue weighted by Gasteiger charge is -2.07. The van der Waals surface area contributed by atoms with Crippen molar-refractivity contribution in [1.29, 1.82) is 0 Å². The summed E-state index contributed by atoms with van der Waals surface area (Å²) in [5, 5.41) is 4.40. The van der Waals surface area contributed by atoms with Crippen molar-refractivity contribution in [3.63, 3.8) is 0 Å². The molecule has 0 atom stereocenters. The highest BCUT2D eigenvalue weighted by Gasteiger charge is 2.11. The highest BCUT2D eigenvalue weighted by molar-refractivity contribution is 5.62. The third-order valence-corrected chi connectivity index (χ3v) is 3.18. The van der Waals surface area contributed by atoms with Crippen molar-refractivity contribution in [1.82, 2.24) is 9.78 Å². The van der Waals surface area contributed by atoms with Crippen LogP contribution in [0.15, 0.2) is 54.6 Å². The van der Waals surface area contributed by atoms with Crippen molar-refractivity contribution in [3.8, 4) is 16.9 Å². The zero-order chi connectivity index (χ0) is 14.8. The minimum absolute atomic E-state index is 0.294. The molecule has 3 aromatic rings.